The summed E-state index contributed by atoms with van der Waals surface area (Å²) in [6, 6.07) is 8.08. The summed E-state index contributed by atoms with van der Waals surface area (Å²) in [6.07, 6.45) is 1.41. The Morgan fingerprint density at radius 2 is 1.74 bits per heavy atom. The standard InChI is InChI=1S/C17H25N3O3/c1-12(2)9-15(16(22)18-3)20-17(23)14(19-11-21)10-13-7-5-4-6-8-13/h4-8,11-12,14-15H,9-10H2,1-3H3,(H,18,22)(H,19,21)(H,20,23). The Bertz CT molecular complexity index is 517. The van der Waals surface area contributed by atoms with Crippen molar-refractivity contribution in [2.45, 2.75) is 38.8 Å². The van der Waals surface area contributed by atoms with E-state index in [1.807, 2.05) is 44.2 Å². The summed E-state index contributed by atoms with van der Waals surface area (Å²) >= 11 is 0. The Kier molecular flexibility index (Phi) is 7.80. The molecule has 2 unspecified atom stereocenters. The summed E-state index contributed by atoms with van der Waals surface area (Å²) in [6.45, 7) is 3.96. The summed E-state index contributed by atoms with van der Waals surface area (Å²) in [7, 11) is 1.53. The van der Waals surface area contributed by atoms with Crippen LogP contribution in [0, 0.1) is 5.92 Å². The molecule has 2 atom stereocenters. The highest BCUT2D eigenvalue weighted by molar-refractivity contribution is 5.90. The number of amides is 3. The quantitative estimate of drug-likeness (QED) is 0.583. The topological polar surface area (TPSA) is 87.3 Å². The van der Waals surface area contributed by atoms with Gasteiger partial charge >= 0.3 is 0 Å². The summed E-state index contributed by atoms with van der Waals surface area (Å²) in [5, 5.41) is 7.81. The van der Waals surface area contributed by atoms with Crippen LogP contribution in [0.25, 0.3) is 0 Å². The summed E-state index contributed by atoms with van der Waals surface area (Å²) in [4.78, 5) is 35.1. The van der Waals surface area contributed by atoms with Crippen molar-refractivity contribution in [2.75, 3.05) is 7.05 Å². The molecule has 0 saturated heterocycles. The van der Waals surface area contributed by atoms with Crippen LogP contribution in [0.15, 0.2) is 30.3 Å². The van der Waals surface area contributed by atoms with E-state index in [4.69, 9.17) is 0 Å². The summed E-state index contributed by atoms with van der Waals surface area (Å²) < 4.78 is 0. The molecular formula is C17H25N3O3. The minimum Gasteiger partial charge on any atom is -0.357 e. The molecule has 23 heavy (non-hydrogen) atoms. The number of rotatable bonds is 9. The van der Waals surface area contributed by atoms with Gasteiger partial charge in [-0.25, -0.2) is 0 Å². The summed E-state index contributed by atoms with van der Waals surface area (Å²) in [5.41, 5.74) is 0.933. The molecule has 0 saturated carbocycles. The number of carbonyl (C=O) groups is 3. The molecule has 0 aliphatic heterocycles. The third-order valence-corrected chi connectivity index (χ3v) is 3.45. The fourth-order valence-corrected chi connectivity index (χ4v) is 2.31. The first-order valence-electron chi connectivity index (χ1n) is 7.73. The van der Waals surface area contributed by atoms with Crippen LogP contribution in [0.2, 0.25) is 0 Å². The number of hydrogen-bond donors (Lipinski definition) is 3. The smallest absolute Gasteiger partial charge is 0.243 e. The van der Waals surface area contributed by atoms with E-state index in [1.165, 1.54) is 7.05 Å². The predicted molar refractivity (Wildman–Crippen MR) is 88.6 cm³/mol. The number of carbonyl (C=O) groups excluding carboxylic acids is 3. The lowest BCUT2D eigenvalue weighted by Gasteiger charge is -2.22. The Morgan fingerprint density at radius 1 is 1.09 bits per heavy atom. The number of likely N-dealkylation sites (N-methyl/N-ethyl adjacent to an activating group) is 1. The minimum atomic E-state index is -0.714. The molecule has 126 valence electrons. The van der Waals surface area contributed by atoms with Gasteiger partial charge in [0.25, 0.3) is 0 Å². The van der Waals surface area contributed by atoms with E-state index in [1.54, 1.807) is 0 Å². The lowest BCUT2D eigenvalue weighted by atomic mass is 10.0. The maximum absolute atomic E-state index is 12.4. The van der Waals surface area contributed by atoms with Crippen LogP contribution >= 0.6 is 0 Å². The van der Waals surface area contributed by atoms with Crippen molar-refractivity contribution in [3.63, 3.8) is 0 Å². The molecule has 6 heteroatoms. The monoisotopic (exact) mass is 319 g/mol. The van der Waals surface area contributed by atoms with Crippen molar-refractivity contribution in [1.29, 1.82) is 0 Å². The fraction of sp³-hybridized carbons (Fsp3) is 0.471. The van der Waals surface area contributed by atoms with E-state index in [9.17, 15) is 14.4 Å². The van der Waals surface area contributed by atoms with Crippen LogP contribution in [0.1, 0.15) is 25.8 Å². The predicted octanol–water partition coefficient (Wildman–Crippen LogP) is 0.621. The molecule has 1 aromatic rings. The largest absolute Gasteiger partial charge is 0.357 e. The molecule has 0 fully saturated rings. The number of nitrogens with one attached hydrogen (secondary N) is 3. The first-order valence-corrected chi connectivity index (χ1v) is 7.73. The van der Waals surface area contributed by atoms with Crippen LogP contribution < -0.4 is 16.0 Å². The second kappa shape index (κ2) is 9.61. The van der Waals surface area contributed by atoms with E-state index in [-0.39, 0.29) is 17.7 Å². The molecule has 1 aromatic carbocycles. The van der Waals surface area contributed by atoms with E-state index >= 15 is 0 Å². The first kappa shape index (κ1) is 18.7. The summed E-state index contributed by atoms with van der Waals surface area (Å²) in [5.74, 6) is -0.351. The van der Waals surface area contributed by atoms with Gasteiger partial charge in [0, 0.05) is 13.5 Å². The number of benzene rings is 1. The molecule has 0 radical (unpaired) electrons. The van der Waals surface area contributed by atoms with Gasteiger partial charge in [0.1, 0.15) is 12.1 Å². The van der Waals surface area contributed by atoms with Crippen molar-refractivity contribution in [1.82, 2.24) is 16.0 Å². The first-order chi connectivity index (χ1) is 11.0. The van der Waals surface area contributed by atoms with E-state index in [2.05, 4.69) is 16.0 Å². The maximum atomic E-state index is 12.4. The molecule has 0 bridgehead atoms. The van der Waals surface area contributed by atoms with Gasteiger partial charge < -0.3 is 16.0 Å². The molecule has 0 aliphatic rings. The molecule has 0 aliphatic carbocycles. The van der Waals surface area contributed by atoms with Gasteiger partial charge in [-0.15, -0.1) is 0 Å². The van der Waals surface area contributed by atoms with Gasteiger partial charge in [-0.2, -0.15) is 0 Å². The van der Waals surface area contributed by atoms with E-state index < -0.39 is 12.1 Å². The average Bonchev–Trinajstić information content (AvgIpc) is 2.53. The Hall–Kier alpha value is -2.37. The fourth-order valence-electron chi connectivity index (χ4n) is 2.31. The Balaban J connectivity index is 2.78. The third kappa shape index (κ3) is 6.50. The van der Waals surface area contributed by atoms with Gasteiger partial charge in [0.05, 0.1) is 0 Å². The minimum absolute atomic E-state index is 0.239. The molecular weight excluding hydrogens is 294 g/mol. The van der Waals surface area contributed by atoms with Crippen molar-refractivity contribution in [3.8, 4) is 0 Å². The van der Waals surface area contributed by atoms with Crippen LogP contribution in [-0.2, 0) is 20.8 Å². The van der Waals surface area contributed by atoms with E-state index in [0.717, 1.165) is 5.56 Å². The van der Waals surface area contributed by atoms with Crippen molar-refractivity contribution >= 4 is 18.2 Å². The van der Waals surface area contributed by atoms with Gasteiger partial charge in [-0.05, 0) is 17.9 Å². The molecule has 0 heterocycles. The zero-order valence-corrected chi connectivity index (χ0v) is 13.8. The van der Waals surface area contributed by atoms with Gasteiger partial charge in [-0.3, -0.25) is 14.4 Å². The average molecular weight is 319 g/mol. The highest BCUT2D eigenvalue weighted by Gasteiger charge is 2.25. The molecule has 0 spiro atoms. The van der Waals surface area contributed by atoms with Crippen LogP contribution in [0.3, 0.4) is 0 Å². The van der Waals surface area contributed by atoms with Crippen molar-refractivity contribution in [2.24, 2.45) is 5.92 Å². The zero-order valence-electron chi connectivity index (χ0n) is 13.8. The molecule has 3 amide bonds. The number of hydrogen-bond acceptors (Lipinski definition) is 3. The van der Waals surface area contributed by atoms with Crippen molar-refractivity contribution in [3.05, 3.63) is 35.9 Å². The highest BCUT2D eigenvalue weighted by atomic mass is 16.2. The Labute approximate surface area is 137 Å². The van der Waals surface area contributed by atoms with Crippen LogP contribution in [-0.4, -0.2) is 37.4 Å². The Morgan fingerprint density at radius 3 is 2.26 bits per heavy atom. The zero-order chi connectivity index (χ0) is 17.2. The second-order valence-corrected chi connectivity index (χ2v) is 5.83. The highest BCUT2D eigenvalue weighted by Crippen LogP contribution is 2.07. The van der Waals surface area contributed by atoms with Gasteiger partial charge in [0.15, 0.2) is 0 Å². The third-order valence-electron chi connectivity index (χ3n) is 3.45. The SMILES string of the molecule is CNC(=O)C(CC(C)C)NC(=O)C(Cc1ccccc1)NC=O. The van der Waals surface area contributed by atoms with Crippen molar-refractivity contribution < 1.29 is 14.4 Å². The maximum Gasteiger partial charge on any atom is 0.243 e. The normalized spacial score (nSPS) is 13.0. The van der Waals surface area contributed by atoms with Gasteiger partial charge in [0.2, 0.25) is 18.2 Å². The van der Waals surface area contributed by atoms with Gasteiger partial charge in [-0.1, -0.05) is 44.2 Å². The lowest BCUT2D eigenvalue weighted by Crippen LogP contribution is -2.53. The molecule has 0 aromatic heterocycles. The molecule has 3 N–H and O–H groups in total. The van der Waals surface area contributed by atoms with Crippen LogP contribution in [0.4, 0.5) is 0 Å². The second-order valence-electron chi connectivity index (χ2n) is 5.83. The molecule has 1 rings (SSSR count). The van der Waals surface area contributed by atoms with Crippen LogP contribution in [0.5, 0.6) is 0 Å². The van der Waals surface area contributed by atoms with E-state index in [0.29, 0.717) is 19.3 Å². The molecule has 6 nitrogen and oxygen atoms in total. The lowest BCUT2D eigenvalue weighted by molar-refractivity contribution is -0.130.